The summed E-state index contributed by atoms with van der Waals surface area (Å²) in [5.41, 5.74) is 3.69. The number of rotatable bonds is 15. The molecule has 4 rings (SSSR count). The van der Waals surface area contributed by atoms with E-state index >= 15 is 0 Å². The lowest BCUT2D eigenvalue weighted by Gasteiger charge is -2.34. The van der Waals surface area contributed by atoms with E-state index in [0.29, 0.717) is 27.8 Å². The number of sulfonamides is 1. The van der Waals surface area contributed by atoms with E-state index in [4.69, 9.17) is 23.2 Å². The lowest BCUT2D eigenvalue weighted by Crippen LogP contribution is -2.53. The Kier molecular flexibility index (Phi) is 13.1. The predicted octanol–water partition coefficient (Wildman–Crippen LogP) is 8.18. The topological polar surface area (TPSA) is 86.8 Å². The predicted molar refractivity (Wildman–Crippen MR) is 195 cm³/mol. The Morgan fingerprint density at radius 1 is 0.875 bits per heavy atom. The van der Waals surface area contributed by atoms with Gasteiger partial charge in [-0.3, -0.25) is 13.9 Å². The minimum absolute atomic E-state index is 0.0434. The van der Waals surface area contributed by atoms with Gasteiger partial charge in [-0.1, -0.05) is 117 Å². The van der Waals surface area contributed by atoms with E-state index in [9.17, 15) is 18.0 Å². The van der Waals surface area contributed by atoms with Gasteiger partial charge in [0.15, 0.2) is 0 Å². The second-order valence-electron chi connectivity index (χ2n) is 12.2. The molecule has 4 aromatic rings. The van der Waals surface area contributed by atoms with Crippen LogP contribution in [0.15, 0.2) is 102 Å². The van der Waals surface area contributed by atoms with Crippen LogP contribution in [0.1, 0.15) is 61.8 Å². The van der Waals surface area contributed by atoms with E-state index in [1.807, 2.05) is 56.3 Å². The van der Waals surface area contributed by atoms with Crippen LogP contribution >= 0.6 is 23.2 Å². The Labute approximate surface area is 294 Å². The Morgan fingerprint density at radius 3 is 2.15 bits per heavy atom. The van der Waals surface area contributed by atoms with Crippen molar-refractivity contribution in [2.45, 2.75) is 70.4 Å². The molecule has 0 radical (unpaired) electrons. The molecule has 0 saturated heterocycles. The first-order chi connectivity index (χ1) is 22.9. The summed E-state index contributed by atoms with van der Waals surface area (Å²) in [7, 11) is -4.20. The molecule has 1 N–H and O–H groups in total. The van der Waals surface area contributed by atoms with Gasteiger partial charge in [-0.2, -0.15) is 0 Å². The number of halogens is 2. The number of hydrogen-bond acceptors (Lipinski definition) is 4. The lowest BCUT2D eigenvalue weighted by atomic mass is 10.0. The average Bonchev–Trinajstić information content (AvgIpc) is 3.06. The Balaban J connectivity index is 1.82. The van der Waals surface area contributed by atoms with E-state index in [1.165, 1.54) is 17.0 Å². The molecule has 0 aliphatic carbocycles. The summed E-state index contributed by atoms with van der Waals surface area (Å²) in [6, 6.07) is 27.1. The number of anilines is 1. The quantitative estimate of drug-likeness (QED) is 0.126. The van der Waals surface area contributed by atoms with Gasteiger partial charge in [0.2, 0.25) is 11.8 Å². The SMILES string of the molecule is CCCCNC(=O)[C@H](Cc1ccccc1)N(Cc1ccc(Cl)cc1Cl)C(=O)CN(c1ccc(C(C)C)cc1)S(=O)(=O)c1ccc(C)cc1. The molecule has 0 bridgehead atoms. The number of carbonyl (C=O) groups excluding carboxylic acids is 2. The van der Waals surface area contributed by atoms with Crippen LogP contribution in [0, 0.1) is 6.92 Å². The van der Waals surface area contributed by atoms with Crippen molar-refractivity contribution in [3.05, 3.63) is 129 Å². The van der Waals surface area contributed by atoms with Crippen LogP contribution in [-0.4, -0.2) is 44.3 Å². The van der Waals surface area contributed by atoms with Crippen molar-refractivity contribution in [1.82, 2.24) is 10.2 Å². The van der Waals surface area contributed by atoms with Crippen molar-refractivity contribution < 1.29 is 18.0 Å². The Hall–Kier alpha value is -3.85. The normalized spacial score (nSPS) is 12.1. The van der Waals surface area contributed by atoms with Gasteiger partial charge in [-0.25, -0.2) is 8.42 Å². The van der Waals surface area contributed by atoms with E-state index < -0.39 is 28.5 Å². The number of nitrogens with zero attached hydrogens (tertiary/aromatic N) is 2. The van der Waals surface area contributed by atoms with Gasteiger partial charge in [0.1, 0.15) is 12.6 Å². The molecule has 0 aromatic heterocycles. The van der Waals surface area contributed by atoms with Crippen LogP contribution < -0.4 is 9.62 Å². The molecule has 0 unspecified atom stereocenters. The average molecular weight is 709 g/mol. The van der Waals surface area contributed by atoms with Crippen molar-refractivity contribution in [2.24, 2.45) is 0 Å². The first kappa shape index (κ1) is 37.0. The van der Waals surface area contributed by atoms with Crippen LogP contribution in [0.2, 0.25) is 10.0 Å². The highest BCUT2D eigenvalue weighted by molar-refractivity contribution is 7.92. The molecule has 0 fully saturated rings. The van der Waals surface area contributed by atoms with Crippen molar-refractivity contribution in [3.63, 3.8) is 0 Å². The molecular formula is C38H43Cl2N3O4S. The van der Waals surface area contributed by atoms with Crippen molar-refractivity contribution in [3.8, 4) is 0 Å². The zero-order chi connectivity index (χ0) is 34.8. The number of carbonyl (C=O) groups is 2. The van der Waals surface area contributed by atoms with Crippen LogP contribution in [-0.2, 0) is 32.6 Å². The third kappa shape index (κ3) is 9.62. The van der Waals surface area contributed by atoms with Gasteiger partial charge in [0.05, 0.1) is 10.6 Å². The maximum absolute atomic E-state index is 14.7. The molecule has 0 spiro atoms. The third-order valence-electron chi connectivity index (χ3n) is 8.19. The molecule has 0 aliphatic rings. The molecule has 10 heteroatoms. The Bertz CT molecular complexity index is 1780. The van der Waals surface area contributed by atoms with Crippen molar-refractivity contribution >= 4 is 50.7 Å². The maximum atomic E-state index is 14.7. The van der Waals surface area contributed by atoms with Gasteiger partial charge in [-0.05, 0) is 72.4 Å². The number of amides is 2. The summed E-state index contributed by atoms with van der Waals surface area (Å²) >= 11 is 12.8. The minimum atomic E-state index is -4.20. The second-order valence-corrected chi connectivity index (χ2v) is 14.9. The minimum Gasteiger partial charge on any atom is -0.354 e. The van der Waals surface area contributed by atoms with E-state index in [-0.39, 0.29) is 29.7 Å². The standard InChI is InChI=1S/C38H43Cl2N3O4S/c1-5-6-22-41-38(45)36(23-29-10-8-7-9-11-29)42(25-31-14-17-32(39)24-35(31)40)37(44)26-43(33-18-15-30(16-19-33)27(2)3)48(46,47)34-20-12-28(4)13-21-34/h7-21,24,27,36H,5-6,22-23,25-26H2,1-4H3,(H,41,45)/t36-/m0/s1. The summed E-state index contributed by atoms with van der Waals surface area (Å²) in [6.45, 7) is 7.87. The first-order valence-corrected chi connectivity index (χ1v) is 18.3. The lowest BCUT2D eigenvalue weighted by molar-refractivity contribution is -0.140. The van der Waals surface area contributed by atoms with E-state index in [0.717, 1.165) is 33.8 Å². The second kappa shape index (κ2) is 17.0. The maximum Gasteiger partial charge on any atom is 0.264 e. The van der Waals surface area contributed by atoms with Crippen LogP contribution in [0.25, 0.3) is 0 Å². The largest absolute Gasteiger partial charge is 0.354 e. The fourth-order valence-corrected chi connectivity index (χ4v) is 7.17. The summed E-state index contributed by atoms with van der Waals surface area (Å²) < 4.78 is 29.7. The number of hydrogen-bond donors (Lipinski definition) is 1. The molecule has 48 heavy (non-hydrogen) atoms. The van der Waals surface area contributed by atoms with Crippen LogP contribution in [0.4, 0.5) is 5.69 Å². The molecule has 254 valence electrons. The van der Waals surface area contributed by atoms with Gasteiger partial charge < -0.3 is 10.2 Å². The molecular weight excluding hydrogens is 665 g/mol. The van der Waals surface area contributed by atoms with E-state index in [2.05, 4.69) is 19.2 Å². The zero-order valence-corrected chi connectivity index (χ0v) is 30.2. The van der Waals surface area contributed by atoms with Crippen LogP contribution in [0.5, 0.6) is 0 Å². The monoisotopic (exact) mass is 707 g/mol. The fraction of sp³-hybridized carbons (Fsp3) is 0.316. The zero-order valence-electron chi connectivity index (χ0n) is 27.8. The number of benzene rings is 4. The number of nitrogens with one attached hydrogen (secondary N) is 1. The number of unbranched alkanes of at least 4 members (excludes halogenated alkanes) is 1. The third-order valence-corrected chi connectivity index (χ3v) is 10.6. The van der Waals surface area contributed by atoms with Crippen molar-refractivity contribution in [2.75, 3.05) is 17.4 Å². The summed E-state index contributed by atoms with van der Waals surface area (Å²) in [5.74, 6) is -0.663. The van der Waals surface area contributed by atoms with Crippen LogP contribution in [0.3, 0.4) is 0 Å². The fourth-order valence-electron chi connectivity index (χ4n) is 5.29. The summed E-state index contributed by atoms with van der Waals surface area (Å²) in [4.78, 5) is 30.1. The molecule has 1 atom stereocenters. The summed E-state index contributed by atoms with van der Waals surface area (Å²) in [5, 5.41) is 3.76. The highest BCUT2D eigenvalue weighted by Crippen LogP contribution is 2.28. The molecule has 0 aliphatic heterocycles. The highest BCUT2D eigenvalue weighted by atomic mass is 35.5. The van der Waals surface area contributed by atoms with Gasteiger partial charge in [0.25, 0.3) is 10.0 Å². The van der Waals surface area contributed by atoms with Gasteiger partial charge in [-0.15, -0.1) is 0 Å². The smallest absolute Gasteiger partial charge is 0.264 e. The van der Waals surface area contributed by atoms with Crippen molar-refractivity contribution in [1.29, 1.82) is 0 Å². The first-order valence-electron chi connectivity index (χ1n) is 16.1. The molecule has 0 saturated carbocycles. The Morgan fingerprint density at radius 2 is 1.54 bits per heavy atom. The molecule has 7 nitrogen and oxygen atoms in total. The molecule has 4 aromatic carbocycles. The molecule has 0 heterocycles. The summed E-state index contributed by atoms with van der Waals surface area (Å²) in [6.07, 6.45) is 1.87. The highest BCUT2D eigenvalue weighted by Gasteiger charge is 2.35. The van der Waals surface area contributed by atoms with Gasteiger partial charge in [0, 0.05) is 29.6 Å². The molecule has 2 amide bonds. The van der Waals surface area contributed by atoms with Gasteiger partial charge >= 0.3 is 0 Å². The van der Waals surface area contributed by atoms with E-state index in [1.54, 1.807) is 42.5 Å². The number of aryl methyl sites for hydroxylation is 1.